The van der Waals surface area contributed by atoms with Gasteiger partial charge in [0.25, 0.3) is 5.91 Å². The van der Waals surface area contributed by atoms with E-state index in [0.717, 1.165) is 5.69 Å². The van der Waals surface area contributed by atoms with E-state index in [4.69, 9.17) is 0 Å². The number of thioether (sulfide) groups is 1. The van der Waals surface area contributed by atoms with Gasteiger partial charge in [0.1, 0.15) is 5.69 Å². The zero-order chi connectivity index (χ0) is 13.1. The van der Waals surface area contributed by atoms with Crippen molar-refractivity contribution >= 4 is 17.7 Å². The van der Waals surface area contributed by atoms with Crippen molar-refractivity contribution in [2.75, 3.05) is 18.6 Å². The summed E-state index contributed by atoms with van der Waals surface area (Å²) in [5.74, 6) is 0.368. The van der Waals surface area contributed by atoms with Crippen LogP contribution in [0.2, 0.25) is 0 Å². The molecular formula is C11H19N3O2S. The fraction of sp³-hybridized carbons (Fsp3) is 0.636. The summed E-state index contributed by atoms with van der Waals surface area (Å²) in [6, 6.07) is 1.72. The van der Waals surface area contributed by atoms with Gasteiger partial charge in [-0.25, -0.2) is 0 Å². The van der Waals surface area contributed by atoms with E-state index in [0.29, 0.717) is 11.4 Å². The average molecular weight is 257 g/mol. The highest BCUT2D eigenvalue weighted by molar-refractivity contribution is 7.98. The minimum Gasteiger partial charge on any atom is -0.387 e. The smallest absolute Gasteiger partial charge is 0.269 e. The predicted octanol–water partition coefficient (Wildman–Crippen LogP) is 0.572. The van der Waals surface area contributed by atoms with Crippen LogP contribution in [0.5, 0.6) is 0 Å². The van der Waals surface area contributed by atoms with Gasteiger partial charge in [-0.1, -0.05) is 0 Å². The van der Waals surface area contributed by atoms with Crippen molar-refractivity contribution in [3.05, 3.63) is 17.5 Å². The molecule has 0 saturated heterocycles. The lowest BCUT2D eigenvalue weighted by atomic mass is 10.1. The second kappa shape index (κ2) is 5.55. The van der Waals surface area contributed by atoms with Crippen LogP contribution in [0.4, 0.5) is 0 Å². The molecule has 1 rings (SSSR count). The molecule has 1 heterocycles. The Morgan fingerprint density at radius 1 is 1.71 bits per heavy atom. The van der Waals surface area contributed by atoms with Gasteiger partial charge in [0.2, 0.25) is 0 Å². The molecule has 0 aliphatic carbocycles. The van der Waals surface area contributed by atoms with Gasteiger partial charge < -0.3 is 10.4 Å². The highest BCUT2D eigenvalue weighted by Gasteiger charge is 2.21. The lowest BCUT2D eigenvalue weighted by Crippen LogP contribution is -2.42. The molecule has 0 fully saturated rings. The summed E-state index contributed by atoms with van der Waals surface area (Å²) in [5.41, 5.74) is 0.416. The van der Waals surface area contributed by atoms with E-state index < -0.39 is 5.60 Å². The number of nitrogens with zero attached hydrogens (tertiary/aromatic N) is 2. The first-order valence-corrected chi connectivity index (χ1v) is 6.75. The third kappa shape index (κ3) is 4.05. The third-order valence-corrected chi connectivity index (χ3v) is 3.23. The fourth-order valence-electron chi connectivity index (χ4n) is 1.55. The van der Waals surface area contributed by atoms with E-state index in [1.807, 2.05) is 13.2 Å². The number of aliphatic hydroxyl groups is 1. The molecule has 0 aromatic carbocycles. The lowest BCUT2D eigenvalue weighted by Gasteiger charge is -2.22. The van der Waals surface area contributed by atoms with Crippen molar-refractivity contribution in [3.63, 3.8) is 0 Å². The Bertz CT molecular complexity index is 401. The first-order valence-electron chi connectivity index (χ1n) is 5.36. The highest BCUT2D eigenvalue weighted by Crippen LogP contribution is 2.09. The third-order valence-electron chi connectivity index (χ3n) is 2.32. The van der Waals surface area contributed by atoms with Crippen LogP contribution in [0.25, 0.3) is 0 Å². The minimum atomic E-state index is -0.886. The van der Waals surface area contributed by atoms with Crippen LogP contribution in [0.3, 0.4) is 0 Å². The Morgan fingerprint density at radius 3 is 2.82 bits per heavy atom. The number of rotatable bonds is 5. The van der Waals surface area contributed by atoms with Crippen molar-refractivity contribution < 1.29 is 9.90 Å². The van der Waals surface area contributed by atoms with Gasteiger partial charge in [-0.15, -0.1) is 0 Å². The summed E-state index contributed by atoms with van der Waals surface area (Å²) in [5, 5.41) is 16.7. The molecule has 17 heavy (non-hydrogen) atoms. The summed E-state index contributed by atoms with van der Waals surface area (Å²) in [7, 11) is 1.72. The molecule has 0 aliphatic rings. The van der Waals surface area contributed by atoms with E-state index in [1.165, 1.54) is 4.68 Å². The van der Waals surface area contributed by atoms with E-state index >= 15 is 0 Å². The van der Waals surface area contributed by atoms with Gasteiger partial charge in [-0.05, 0) is 26.2 Å². The largest absolute Gasteiger partial charge is 0.387 e. The maximum absolute atomic E-state index is 11.8. The highest BCUT2D eigenvalue weighted by atomic mass is 32.2. The topological polar surface area (TPSA) is 67.2 Å². The van der Waals surface area contributed by atoms with Gasteiger partial charge in [0.05, 0.1) is 11.3 Å². The summed E-state index contributed by atoms with van der Waals surface area (Å²) >= 11 is 1.54. The maximum atomic E-state index is 11.8. The first-order chi connectivity index (χ1) is 7.85. The van der Waals surface area contributed by atoms with Crippen LogP contribution < -0.4 is 5.32 Å². The number of nitrogens with one attached hydrogen (secondary N) is 1. The van der Waals surface area contributed by atoms with Crippen molar-refractivity contribution in [3.8, 4) is 0 Å². The molecule has 1 unspecified atom stereocenters. The monoisotopic (exact) mass is 257 g/mol. The molecule has 0 radical (unpaired) electrons. The lowest BCUT2D eigenvalue weighted by molar-refractivity contribution is 0.0720. The van der Waals surface area contributed by atoms with Crippen molar-refractivity contribution in [1.29, 1.82) is 0 Å². The molecule has 1 atom stereocenters. The minimum absolute atomic E-state index is 0.213. The maximum Gasteiger partial charge on any atom is 0.269 e. The Labute approximate surface area is 106 Å². The number of carbonyl (C=O) groups is 1. The molecule has 0 spiro atoms. The van der Waals surface area contributed by atoms with Crippen molar-refractivity contribution in [2.45, 2.75) is 19.4 Å². The van der Waals surface area contributed by atoms with Crippen LogP contribution in [0.1, 0.15) is 23.1 Å². The Morgan fingerprint density at radius 2 is 2.35 bits per heavy atom. The Balaban J connectivity index is 2.59. The average Bonchev–Trinajstić information content (AvgIpc) is 2.54. The quantitative estimate of drug-likeness (QED) is 0.809. The van der Waals surface area contributed by atoms with Gasteiger partial charge >= 0.3 is 0 Å². The molecular weight excluding hydrogens is 238 g/mol. The van der Waals surface area contributed by atoms with Gasteiger partial charge in [-0.3, -0.25) is 9.48 Å². The van der Waals surface area contributed by atoms with Gasteiger partial charge in [-0.2, -0.15) is 16.9 Å². The molecule has 0 aliphatic heterocycles. The van der Waals surface area contributed by atoms with Crippen LogP contribution in [0, 0.1) is 6.92 Å². The van der Waals surface area contributed by atoms with Crippen molar-refractivity contribution in [2.24, 2.45) is 7.05 Å². The number of hydrogen-bond donors (Lipinski definition) is 2. The van der Waals surface area contributed by atoms with Gasteiger partial charge in [0.15, 0.2) is 0 Å². The zero-order valence-electron chi connectivity index (χ0n) is 10.6. The fourth-order valence-corrected chi connectivity index (χ4v) is 2.27. The SMILES string of the molecule is CSCC(C)(O)CNC(=O)c1cc(C)nn1C. The molecule has 5 nitrogen and oxygen atoms in total. The summed E-state index contributed by atoms with van der Waals surface area (Å²) in [4.78, 5) is 11.8. The standard InChI is InChI=1S/C11H19N3O2S/c1-8-5-9(14(3)13-8)10(15)12-6-11(2,16)7-17-4/h5,16H,6-7H2,1-4H3,(H,12,15). The second-order valence-corrected chi connectivity index (χ2v) is 5.27. The van der Waals surface area contributed by atoms with Crippen LogP contribution in [-0.4, -0.2) is 44.9 Å². The number of carbonyl (C=O) groups excluding carboxylic acids is 1. The molecule has 1 amide bonds. The van der Waals surface area contributed by atoms with Crippen LogP contribution in [0.15, 0.2) is 6.07 Å². The van der Waals surface area contributed by atoms with E-state index in [1.54, 1.807) is 31.8 Å². The number of hydrogen-bond acceptors (Lipinski definition) is 4. The molecule has 0 saturated carbocycles. The van der Waals surface area contributed by atoms with Crippen molar-refractivity contribution in [1.82, 2.24) is 15.1 Å². The Hall–Kier alpha value is -1.01. The van der Waals surface area contributed by atoms with E-state index in [9.17, 15) is 9.90 Å². The zero-order valence-corrected chi connectivity index (χ0v) is 11.5. The predicted molar refractivity (Wildman–Crippen MR) is 69.3 cm³/mol. The molecule has 96 valence electrons. The van der Waals surface area contributed by atoms with Gasteiger partial charge in [0, 0.05) is 19.3 Å². The normalized spacial score (nSPS) is 14.4. The van der Waals surface area contributed by atoms with E-state index in [2.05, 4.69) is 10.4 Å². The Kier molecular flexibility index (Phi) is 4.59. The summed E-state index contributed by atoms with van der Waals surface area (Å²) in [6.07, 6.45) is 1.92. The van der Waals surface area contributed by atoms with Crippen LogP contribution >= 0.6 is 11.8 Å². The number of aryl methyl sites for hydroxylation is 2. The molecule has 1 aromatic rings. The number of amides is 1. The summed E-state index contributed by atoms with van der Waals surface area (Å²) < 4.78 is 1.54. The molecule has 2 N–H and O–H groups in total. The van der Waals surface area contributed by atoms with Crippen LogP contribution in [-0.2, 0) is 7.05 Å². The second-order valence-electron chi connectivity index (χ2n) is 4.41. The molecule has 6 heteroatoms. The molecule has 1 aromatic heterocycles. The number of aromatic nitrogens is 2. The summed E-state index contributed by atoms with van der Waals surface area (Å²) in [6.45, 7) is 3.77. The van der Waals surface area contributed by atoms with E-state index in [-0.39, 0.29) is 12.5 Å². The first kappa shape index (κ1) is 14.1. The molecule has 0 bridgehead atoms.